The van der Waals surface area contributed by atoms with Crippen molar-refractivity contribution in [3.63, 3.8) is 0 Å². The topological polar surface area (TPSA) is 76.8 Å². The molecule has 5 aromatic rings. The van der Waals surface area contributed by atoms with Crippen molar-refractivity contribution in [2.45, 2.75) is 0 Å². The summed E-state index contributed by atoms with van der Waals surface area (Å²) in [5, 5.41) is 18.5. The number of fused-ring (bicyclic) bond motifs is 7. The lowest BCUT2D eigenvalue weighted by Crippen LogP contribution is -2.08. The van der Waals surface area contributed by atoms with Crippen molar-refractivity contribution in [1.29, 1.82) is 0 Å². The van der Waals surface area contributed by atoms with E-state index in [1.807, 2.05) is 24.3 Å². The maximum atomic E-state index is 5.77. The summed E-state index contributed by atoms with van der Waals surface area (Å²) in [5.74, 6) is 11.5. The zero-order chi connectivity index (χ0) is 16.3. The molecule has 0 spiro atoms. The summed E-state index contributed by atoms with van der Waals surface area (Å²) in [4.78, 5) is 0. The van der Waals surface area contributed by atoms with E-state index < -0.39 is 0 Å². The zero-order valence-electron chi connectivity index (χ0n) is 12.8. The first-order valence-corrected chi connectivity index (χ1v) is 7.78. The van der Waals surface area contributed by atoms with Crippen molar-refractivity contribution in [1.82, 2.24) is 0 Å². The Bertz CT molecular complexity index is 1260. The molecule has 0 aliphatic rings. The lowest BCUT2D eigenvalue weighted by Gasteiger charge is -1.96. The second kappa shape index (κ2) is 4.55. The minimum Gasteiger partial charge on any atom is -0.323 e. The van der Waals surface area contributed by atoms with Gasteiger partial charge in [-0.05, 0) is 21.5 Å². The van der Waals surface area contributed by atoms with Gasteiger partial charge in [0.05, 0.1) is 10.7 Å². The lowest BCUT2D eigenvalue weighted by molar-refractivity contribution is 1.16. The summed E-state index contributed by atoms with van der Waals surface area (Å²) in [7, 11) is 0. The van der Waals surface area contributed by atoms with E-state index in [-0.39, 0.29) is 0 Å². The van der Waals surface area contributed by atoms with Gasteiger partial charge in [-0.1, -0.05) is 60.7 Å². The van der Waals surface area contributed by atoms with Crippen LogP contribution in [0.1, 0.15) is 0 Å². The Hall–Kier alpha value is -3.40. The highest BCUT2D eigenvalue weighted by molar-refractivity contribution is 6.26. The normalized spacial score (nSPS) is 13.8. The smallest absolute Gasteiger partial charge is 0.0990 e. The number of nitrogens with two attached hydrogens (primary N) is 2. The van der Waals surface area contributed by atoms with Crippen molar-refractivity contribution in [3.05, 3.63) is 71.4 Å². The highest BCUT2D eigenvalue weighted by Crippen LogP contribution is 2.32. The van der Waals surface area contributed by atoms with E-state index >= 15 is 0 Å². The van der Waals surface area contributed by atoms with Gasteiger partial charge in [0.25, 0.3) is 0 Å². The number of benzene rings is 3. The Kier molecular flexibility index (Phi) is 2.48. The number of rotatable bonds is 0. The maximum Gasteiger partial charge on any atom is 0.0990 e. The van der Waals surface area contributed by atoms with Gasteiger partial charge in [-0.25, -0.2) is 0 Å². The molecule has 0 saturated carbocycles. The largest absolute Gasteiger partial charge is 0.323 e. The van der Waals surface area contributed by atoms with Crippen molar-refractivity contribution in [2.24, 2.45) is 21.9 Å². The second-order valence-electron chi connectivity index (χ2n) is 5.96. The van der Waals surface area contributed by atoms with E-state index in [9.17, 15) is 0 Å². The van der Waals surface area contributed by atoms with E-state index in [0.717, 1.165) is 53.8 Å². The minimum absolute atomic E-state index is 0.798. The first kappa shape index (κ1) is 13.1. The van der Waals surface area contributed by atoms with Crippen LogP contribution in [-0.4, -0.2) is 0 Å². The molecule has 4 nitrogen and oxygen atoms in total. The van der Waals surface area contributed by atoms with Crippen LogP contribution >= 0.6 is 0 Å². The summed E-state index contributed by atoms with van der Waals surface area (Å²) in [6.07, 6.45) is 0. The molecule has 114 valence electrons. The van der Waals surface area contributed by atoms with Crippen LogP contribution in [-0.2, 0) is 0 Å². The van der Waals surface area contributed by atoms with E-state index in [0.29, 0.717) is 0 Å². The second-order valence-corrected chi connectivity index (χ2v) is 5.96. The fourth-order valence-electron chi connectivity index (χ4n) is 3.93. The van der Waals surface area contributed by atoms with Gasteiger partial charge in [-0.3, -0.25) is 0 Å². The third-order valence-corrected chi connectivity index (χ3v) is 4.88. The van der Waals surface area contributed by atoms with Crippen molar-refractivity contribution >= 4 is 43.1 Å². The van der Waals surface area contributed by atoms with Gasteiger partial charge >= 0.3 is 0 Å². The molecule has 0 heterocycles. The van der Waals surface area contributed by atoms with Crippen molar-refractivity contribution in [2.75, 3.05) is 0 Å². The standard InChI is InChI=1S/C20H14N4/c21-23-19-15-7-3-1-5-11(15)13-9-10-14-12-6-2-4-8-16(12)20(24-22)18(14)17(13)19/h1-10H,21-22H2/b23-19-,24-20+. The predicted octanol–water partition coefficient (Wildman–Crippen LogP) is 2.72. The van der Waals surface area contributed by atoms with Crippen LogP contribution in [0.3, 0.4) is 0 Å². The van der Waals surface area contributed by atoms with Crippen molar-refractivity contribution < 1.29 is 0 Å². The average Bonchev–Trinajstić information content (AvgIpc) is 3.14. The summed E-state index contributed by atoms with van der Waals surface area (Å²) in [5.41, 5.74) is 0. The van der Waals surface area contributed by atoms with Crippen molar-refractivity contribution in [3.8, 4) is 0 Å². The number of hydrogen-bond acceptors (Lipinski definition) is 4. The first-order chi connectivity index (χ1) is 11.8. The molecule has 0 amide bonds. The van der Waals surface area contributed by atoms with E-state index in [1.54, 1.807) is 0 Å². The highest BCUT2D eigenvalue weighted by atomic mass is 15.1. The SMILES string of the molecule is N/N=c1/c2ccccc2c2ccc3c4ccccc4/c(=N\N)c3c12. The molecule has 4 N–H and O–H groups in total. The van der Waals surface area contributed by atoms with E-state index in [1.165, 1.54) is 0 Å². The molecule has 0 radical (unpaired) electrons. The van der Waals surface area contributed by atoms with Crippen LogP contribution in [0.5, 0.6) is 0 Å². The summed E-state index contributed by atoms with van der Waals surface area (Å²) in [6, 6.07) is 20.6. The number of hydrogen-bond donors (Lipinski definition) is 2. The summed E-state index contributed by atoms with van der Waals surface area (Å²) >= 11 is 0. The Morgan fingerprint density at radius 2 is 0.833 bits per heavy atom. The first-order valence-electron chi connectivity index (χ1n) is 7.78. The zero-order valence-corrected chi connectivity index (χ0v) is 12.8. The van der Waals surface area contributed by atoms with Gasteiger partial charge in [-0.15, -0.1) is 0 Å². The summed E-state index contributed by atoms with van der Waals surface area (Å²) in [6.45, 7) is 0. The Morgan fingerprint density at radius 1 is 0.458 bits per heavy atom. The molecular weight excluding hydrogens is 296 g/mol. The molecule has 0 atom stereocenters. The van der Waals surface area contributed by atoms with Crippen LogP contribution < -0.4 is 22.4 Å². The number of nitrogens with zero attached hydrogens (tertiary/aromatic N) is 2. The molecule has 0 aliphatic heterocycles. The monoisotopic (exact) mass is 310 g/mol. The molecule has 0 fully saturated rings. The lowest BCUT2D eigenvalue weighted by atomic mass is 10.1. The maximum absolute atomic E-state index is 5.77. The van der Waals surface area contributed by atoms with Crippen LogP contribution in [0.25, 0.3) is 43.1 Å². The van der Waals surface area contributed by atoms with E-state index in [4.69, 9.17) is 11.7 Å². The van der Waals surface area contributed by atoms with Gasteiger partial charge in [0, 0.05) is 21.5 Å². The Morgan fingerprint density at radius 3 is 1.21 bits per heavy atom. The predicted molar refractivity (Wildman–Crippen MR) is 98.3 cm³/mol. The quantitative estimate of drug-likeness (QED) is 0.341. The third kappa shape index (κ3) is 1.42. The van der Waals surface area contributed by atoms with Crippen LogP contribution in [0.4, 0.5) is 0 Å². The molecule has 0 saturated heterocycles. The molecule has 4 heteroatoms. The fourth-order valence-corrected chi connectivity index (χ4v) is 3.93. The van der Waals surface area contributed by atoms with Gasteiger partial charge in [0.1, 0.15) is 0 Å². The van der Waals surface area contributed by atoms with Gasteiger partial charge < -0.3 is 11.7 Å². The highest BCUT2D eigenvalue weighted by Gasteiger charge is 2.16. The Balaban J connectivity index is 2.26. The molecule has 5 rings (SSSR count). The van der Waals surface area contributed by atoms with Crippen LogP contribution in [0.15, 0.2) is 70.9 Å². The third-order valence-electron chi connectivity index (χ3n) is 4.88. The molecule has 0 aromatic heterocycles. The molecule has 0 unspecified atom stereocenters. The van der Waals surface area contributed by atoms with Crippen LogP contribution in [0, 0.1) is 0 Å². The molecule has 5 aromatic carbocycles. The van der Waals surface area contributed by atoms with Crippen LogP contribution in [0.2, 0.25) is 0 Å². The Labute approximate surface area is 137 Å². The average molecular weight is 310 g/mol. The minimum atomic E-state index is 0.798. The van der Waals surface area contributed by atoms with Gasteiger partial charge in [0.2, 0.25) is 0 Å². The van der Waals surface area contributed by atoms with E-state index in [2.05, 4.69) is 46.6 Å². The molecule has 0 aliphatic carbocycles. The van der Waals surface area contributed by atoms with Gasteiger partial charge in [0.15, 0.2) is 0 Å². The molecule has 24 heavy (non-hydrogen) atoms. The summed E-state index contributed by atoms with van der Waals surface area (Å²) < 4.78 is 0. The van der Waals surface area contributed by atoms with Gasteiger partial charge in [-0.2, -0.15) is 10.2 Å². The molecule has 0 bridgehead atoms. The molecular formula is C20H14N4. The fraction of sp³-hybridized carbons (Fsp3) is 0.